The van der Waals surface area contributed by atoms with Crippen LogP contribution in [0.1, 0.15) is 41.0 Å². The van der Waals surface area contributed by atoms with Crippen molar-refractivity contribution in [3.8, 4) is 11.1 Å². The number of alkyl halides is 1. The lowest BCUT2D eigenvalue weighted by Crippen LogP contribution is -2.46. The van der Waals surface area contributed by atoms with Gasteiger partial charge in [-0.3, -0.25) is 24.4 Å². The van der Waals surface area contributed by atoms with Gasteiger partial charge in [0.15, 0.2) is 5.78 Å². The van der Waals surface area contributed by atoms with Gasteiger partial charge < -0.3 is 15.2 Å². The molecule has 1 fully saturated rings. The summed E-state index contributed by atoms with van der Waals surface area (Å²) in [6.45, 7) is 1.88. The molecule has 8 nitrogen and oxygen atoms in total. The fourth-order valence-electron chi connectivity index (χ4n) is 5.28. The number of hydrogen-bond acceptors (Lipinski definition) is 5. The molecule has 2 N–H and O–H groups in total. The third-order valence-corrected chi connectivity index (χ3v) is 7.25. The topological polar surface area (TPSA) is 111 Å². The molecule has 0 radical (unpaired) electrons. The van der Waals surface area contributed by atoms with Gasteiger partial charge in [0.2, 0.25) is 5.91 Å². The molecule has 1 aliphatic rings. The molecule has 200 valence electrons. The molecule has 4 heterocycles. The summed E-state index contributed by atoms with van der Waals surface area (Å²) in [6.07, 6.45) is 4.63. The molecule has 2 atom stereocenters. The zero-order valence-electron chi connectivity index (χ0n) is 21.7. The number of carbonyl (C=O) groups is 3. The van der Waals surface area contributed by atoms with Gasteiger partial charge in [0.05, 0.1) is 18.0 Å². The van der Waals surface area contributed by atoms with Crippen LogP contribution in [0.5, 0.6) is 0 Å². The van der Waals surface area contributed by atoms with Crippen LogP contribution in [0.4, 0.5) is 4.39 Å². The highest BCUT2D eigenvalue weighted by atomic mass is 19.1. The van der Waals surface area contributed by atoms with Crippen molar-refractivity contribution in [3.63, 3.8) is 0 Å². The number of halogens is 1. The maximum absolute atomic E-state index is 14.4. The Hall–Kier alpha value is -4.40. The Labute approximate surface area is 225 Å². The van der Waals surface area contributed by atoms with Gasteiger partial charge in [-0.1, -0.05) is 18.2 Å². The molecular formula is C30H30FN5O3. The molecule has 39 heavy (non-hydrogen) atoms. The molecule has 0 saturated carbocycles. The summed E-state index contributed by atoms with van der Waals surface area (Å²) in [4.78, 5) is 49.4. The Morgan fingerprint density at radius 1 is 1.05 bits per heavy atom. The smallest absolute Gasteiger partial charge is 0.250 e. The van der Waals surface area contributed by atoms with Crippen molar-refractivity contribution in [2.45, 2.75) is 51.4 Å². The van der Waals surface area contributed by atoms with Gasteiger partial charge >= 0.3 is 0 Å². The highest BCUT2D eigenvalue weighted by Crippen LogP contribution is 2.29. The Bertz CT molecular complexity index is 1530. The molecule has 4 aromatic rings. The lowest BCUT2D eigenvalue weighted by Gasteiger charge is -2.29. The fourth-order valence-corrected chi connectivity index (χ4v) is 5.28. The first-order valence-corrected chi connectivity index (χ1v) is 13.0. The monoisotopic (exact) mass is 527 g/mol. The first-order valence-electron chi connectivity index (χ1n) is 13.0. The van der Waals surface area contributed by atoms with Crippen LogP contribution < -0.4 is 5.73 Å². The van der Waals surface area contributed by atoms with Gasteiger partial charge in [-0.25, -0.2) is 4.39 Å². The SMILES string of the molecule is Cc1cccc(CC(=O)[C@@H]2CCC(F)CCN2C(=O)Cn2cc(C(N)=O)c3cc(-c4cccnc4)ccc32)n1. The summed E-state index contributed by atoms with van der Waals surface area (Å²) < 4.78 is 16.1. The lowest BCUT2D eigenvalue weighted by molar-refractivity contribution is -0.139. The highest BCUT2D eigenvalue weighted by Gasteiger charge is 2.33. The first-order chi connectivity index (χ1) is 18.8. The summed E-state index contributed by atoms with van der Waals surface area (Å²) in [6, 6.07) is 14.1. The largest absolute Gasteiger partial charge is 0.366 e. The van der Waals surface area contributed by atoms with Crippen molar-refractivity contribution in [2.24, 2.45) is 5.73 Å². The van der Waals surface area contributed by atoms with E-state index in [1.807, 2.05) is 49.4 Å². The zero-order valence-corrected chi connectivity index (χ0v) is 21.7. The van der Waals surface area contributed by atoms with Crippen LogP contribution in [0, 0.1) is 6.92 Å². The number of Topliss-reactive ketones (excluding diaryl/α,β-unsaturated/α-hetero) is 1. The summed E-state index contributed by atoms with van der Waals surface area (Å²) in [5.41, 5.74) is 9.81. The van der Waals surface area contributed by atoms with Crippen LogP contribution in [0.15, 0.2) is 67.1 Å². The number of fused-ring (bicyclic) bond motifs is 1. The van der Waals surface area contributed by atoms with Gasteiger partial charge in [-0.05, 0) is 62.1 Å². The minimum atomic E-state index is -1.07. The number of likely N-dealkylation sites (tertiary alicyclic amines) is 1. The molecule has 2 amide bonds. The van der Waals surface area contributed by atoms with Crippen molar-refractivity contribution in [1.82, 2.24) is 19.4 Å². The van der Waals surface area contributed by atoms with Crippen molar-refractivity contribution in [1.29, 1.82) is 0 Å². The number of carbonyl (C=O) groups excluding carboxylic acids is 3. The van der Waals surface area contributed by atoms with E-state index in [1.165, 1.54) is 4.90 Å². The maximum atomic E-state index is 14.4. The average molecular weight is 528 g/mol. The van der Waals surface area contributed by atoms with Gasteiger partial charge in [0.1, 0.15) is 12.7 Å². The molecule has 5 rings (SSSR count). The number of aromatic nitrogens is 3. The van der Waals surface area contributed by atoms with E-state index in [1.54, 1.807) is 29.2 Å². The quantitative estimate of drug-likeness (QED) is 0.390. The number of nitrogens with zero attached hydrogens (tertiary/aromatic N) is 4. The number of pyridine rings is 2. The van der Waals surface area contributed by atoms with Crippen LogP contribution in [-0.2, 0) is 22.6 Å². The molecule has 9 heteroatoms. The number of primary amides is 1. The standard InChI is InChI=1S/C30H30FN5O3/c1-19-4-2-6-23(34-19)15-28(37)27-10-8-22(31)11-13-36(27)29(38)18-35-17-25(30(32)39)24-14-20(7-9-26(24)35)21-5-3-12-33-16-21/h2-7,9,12,14,16-17,22,27H,8,10-11,13,15,18H2,1H3,(H2,32,39)/t22?,27-/m0/s1. The fraction of sp³-hybridized carbons (Fsp3) is 0.300. The molecule has 1 aromatic carbocycles. The van der Waals surface area contributed by atoms with Crippen LogP contribution in [0.25, 0.3) is 22.0 Å². The predicted molar refractivity (Wildman–Crippen MR) is 146 cm³/mol. The number of rotatable bonds is 7. The minimum Gasteiger partial charge on any atom is -0.366 e. The van der Waals surface area contributed by atoms with Gasteiger partial charge in [-0.2, -0.15) is 0 Å². The number of aryl methyl sites for hydroxylation is 1. The Kier molecular flexibility index (Phi) is 7.49. The van der Waals surface area contributed by atoms with E-state index in [9.17, 15) is 18.8 Å². The molecular weight excluding hydrogens is 497 g/mol. The molecule has 1 unspecified atom stereocenters. The average Bonchev–Trinajstić information content (AvgIpc) is 3.15. The second-order valence-electron chi connectivity index (χ2n) is 9.99. The van der Waals surface area contributed by atoms with Crippen LogP contribution >= 0.6 is 0 Å². The summed E-state index contributed by atoms with van der Waals surface area (Å²) in [7, 11) is 0. The first kappa shape index (κ1) is 26.2. The van der Waals surface area contributed by atoms with Crippen LogP contribution in [0.2, 0.25) is 0 Å². The van der Waals surface area contributed by atoms with Crippen molar-refractivity contribution in [3.05, 3.63) is 84.1 Å². The normalized spacial score (nSPS) is 17.6. The van der Waals surface area contributed by atoms with E-state index >= 15 is 0 Å². The Balaban J connectivity index is 1.43. The maximum Gasteiger partial charge on any atom is 0.250 e. The molecule has 0 spiro atoms. The second-order valence-corrected chi connectivity index (χ2v) is 9.99. The number of amides is 2. The molecule has 1 aliphatic heterocycles. The van der Waals surface area contributed by atoms with Crippen LogP contribution in [0.3, 0.4) is 0 Å². The number of hydrogen-bond donors (Lipinski definition) is 1. The molecule has 0 bridgehead atoms. The van der Waals surface area contributed by atoms with Crippen molar-refractivity contribution >= 4 is 28.5 Å². The summed E-state index contributed by atoms with van der Waals surface area (Å²) in [5, 5.41) is 0.620. The minimum absolute atomic E-state index is 0.0719. The highest BCUT2D eigenvalue weighted by molar-refractivity contribution is 6.07. The van der Waals surface area contributed by atoms with Gasteiger partial charge in [0.25, 0.3) is 5.91 Å². The number of nitrogens with two attached hydrogens (primary N) is 1. The zero-order chi connectivity index (χ0) is 27.5. The lowest BCUT2D eigenvalue weighted by atomic mass is 10.0. The number of ketones is 1. The van der Waals surface area contributed by atoms with E-state index in [0.29, 0.717) is 22.2 Å². The van der Waals surface area contributed by atoms with Crippen LogP contribution in [-0.4, -0.2) is 55.8 Å². The van der Waals surface area contributed by atoms with E-state index in [4.69, 9.17) is 5.73 Å². The Morgan fingerprint density at radius 2 is 1.90 bits per heavy atom. The molecule has 1 saturated heterocycles. The third-order valence-electron chi connectivity index (χ3n) is 7.25. The Morgan fingerprint density at radius 3 is 2.64 bits per heavy atom. The van der Waals surface area contributed by atoms with E-state index in [0.717, 1.165) is 16.8 Å². The third kappa shape index (κ3) is 5.72. The molecule has 3 aromatic heterocycles. The predicted octanol–water partition coefficient (Wildman–Crippen LogP) is 4.04. The number of benzene rings is 1. The van der Waals surface area contributed by atoms with Gasteiger partial charge in [-0.15, -0.1) is 0 Å². The van der Waals surface area contributed by atoms with E-state index in [-0.39, 0.29) is 50.5 Å². The van der Waals surface area contributed by atoms with E-state index < -0.39 is 18.1 Å². The van der Waals surface area contributed by atoms with Crippen molar-refractivity contribution < 1.29 is 18.8 Å². The van der Waals surface area contributed by atoms with Crippen molar-refractivity contribution in [2.75, 3.05) is 6.54 Å². The molecule has 0 aliphatic carbocycles. The summed E-state index contributed by atoms with van der Waals surface area (Å²) in [5.74, 6) is -1.08. The van der Waals surface area contributed by atoms with E-state index in [2.05, 4.69) is 9.97 Å². The second kappa shape index (κ2) is 11.1. The van der Waals surface area contributed by atoms with Gasteiger partial charge in [0, 0.05) is 53.0 Å². The summed E-state index contributed by atoms with van der Waals surface area (Å²) >= 11 is 0.